The van der Waals surface area contributed by atoms with E-state index in [1.807, 2.05) is 104 Å². The van der Waals surface area contributed by atoms with Crippen LogP contribution in [0.25, 0.3) is 111 Å². The molecule has 0 bridgehead atoms. The lowest BCUT2D eigenvalue weighted by atomic mass is 9.97. The van der Waals surface area contributed by atoms with Crippen LogP contribution in [0.5, 0.6) is 0 Å². The van der Waals surface area contributed by atoms with E-state index in [0.29, 0.717) is 34.4 Å². The van der Waals surface area contributed by atoms with Gasteiger partial charge in [-0.1, -0.05) is 423 Å². The van der Waals surface area contributed by atoms with Gasteiger partial charge in [-0.2, -0.15) is 0 Å². The van der Waals surface area contributed by atoms with Crippen LogP contribution in [-0.2, 0) is 77.9 Å². The third-order valence-electron chi connectivity index (χ3n) is 28.5. The number of benzene rings is 15. The molecule has 0 aliphatic carbocycles. The van der Waals surface area contributed by atoms with Gasteiger partial charge in [0.15, 0.2) is 6.66 Å². The van der Waals surface area contributed by atoms with E-state index in [1.54, 1.807) is 37.0 Å². The second kappa shape index (κ2) is 66.1. The number of rotatable bonds is 56. The van der Waals surface area contributed by atoms with Gasteiger partial charge >= 0.3 is 15.8 Å². The molecule has 0 heterocycles. The van der Waals surface area contributed by atoms with Crippen LogP contribution in [0.15, 0.2) is 334 Å². The Balaban J connectivity index is 0.000000203. The van der Waals surface area contributed by atoms with Crippen LogP contribution in [0.2, 0.25) is 0 Å². The summed E-state index contributed by atoms with van der Waals surface area (Å²) in [4.78, 5) is 0. The zero-order valence-electron chi connectivity index (χ0n) is 90.1. The second-order valence-corrected chi connectivity index (χ2v) is 45.5. The Bertz CT molecular complexity index is 6180. The number of aryl methyl sites for hydroxylation is 10. The first-order valence-corrected chi connectivity index (χ1v) is 61.8. The molecule has 15 aromatic rings. The highest BCUT2D eigenvalue weighted by Crippen LogP contribution is 2.38. The maximum Gasteiger partial charge on any atom is 0.504 e. The number of hydrogen-bond donors (Lipinski definition) is 0. The molecule has 0 saturated heterocycles. The van der Waals surface area contributed by atoms with Crippen molar-refractivity contribution < 1.29 is 35.6 Å². The van der Waals surface area contributed by atoms with Gasteiger partial charge < -0.3 is 0 Å². The third-order valence-corrected chi connectivity index (χ3v) is 32.7. The van der Waals surface area contributed by atoms with Crippen LogP contribution in [0.4, 0.5) is 22.0 Å². The Morgan fingerprint density at radius 2 is 0.380 bits per heavy atom. The van der Waals surface area contributed by atoms with Crippen molar-refractivity contribution in [2.75, 3.05) is 43.2 Å². The van der Waals surface area contributed by atoms with E-state index >= 15 is 17.6 Å². The van der Waals surface area contributed by atoms with Crippen molar-refractivity contribution in [3.63, 3.8) is 0 Å². The van der Waals surface area contributed by atoms with Gasteiger partial charge in [0.05, 0.1) is 6.61 Å². The molecule has 0 aliphatic heterocycles. The first-order valence-electron chi connectivity index (χ1n) is 56.0. The van der Waals surface area contributed by atoms with Gasteiger partial charge in [-0.15, -0.1) is 13.1 Å². The van der Waals surface area contributed by atoms with Crippen molar-refractivity contribution >= 4 is 40.3 Å². The fraction of sp³-hybridized carbons (Fsp3) is 0.348. The first kappa shape index (κ1) is 118. The van der Waals surface area contributed by atoms with Crippen LogP contribution in [0.3, 0.4) is 0 Å². The highest BCUT2D eigenvalue weighted by atomic mass is 79.9. The number of unbranched alkanes of at least 4 members (excludes halogenated alkanes) is 15. The zero-order valence-corrected chi connectivity index (χ0v) is 94.5. The minimum Gasteiger partial charge on any atom is -0.206 e. The molecular weight excluding hydrogens is 1970 g/mol. The summed E-state index contributed by atoms with van der Waals surface area (Å²) < 4.78 is 103. The summed E-state index contributed by atoms with van der Waals surface area (Å²) in [5.74, 6) is -0.920. The lowest BCUT2D eigenvalue weighted by molar-refractivity contribution is 0.354. The van der Waals surface area contributed by atoms with E-state index in [1.165, 1.54) is 203 Å². The average molecular weight is 2130 g/mol. The molecule has 0 amide bonds. The van der Waals surface area contributed by atoms with E-state index in [2.05, 4.69) is 261 Å². The molecule has 1 unspecified atom stereocenters. The van der Waals surface area contributed by atoms with E-state index in [4.69, 9.17) is 0 Å². The largest absolute Gasteiger partial charge is 0.504 e. The summed E-state index contributed by atoms with van der Waals surface area (Å²) >= 11 is 3.47. The first-order chi connectivity index (χ1) is 73.4. The van der Waals surface area contributed by atoms with Crippen molar-refractivity contribution in [1.29, 1.82) is 0 Å². The quantitative estimate of drug-likeness (QED) is 0.0165. The topological polar surface area (TPSA) is 43.4 Å². The van der Waals surface area contributed by atoms with Gasteiger partial charge in [0.1, 0.15) is 41.4 Å². The fourth-order valence-corrected chi connectivity index (χ4v) is 22.7. The Morgan fingerprint density at radius 1 is 0.213 bits per heavy atom. The maximum absolute atomic E-state index is 15.3. The van der Waals surface area contributed by atoms with Crippen molar-refractivity contribution in [3.05, 3.63) is 418 Å². The fourth-order valence-electron chi connectivity index (χ4n) is 19.3. The van der Waals surface area contributed by atoms with Crippen LogP contribution in [0, 0.1) is 29.1 Å². The minimum absolute atomic E-state index is 0.165. The highest BCUT2D eigenvalue weighted by molar-refractivity contribution is 9.09. The molecule has 0 aliphatic rings. The lowest BCUT2D eigenvalue weighted by Crippen LogP contribution is -1.92. The smallest absolute Gasteiger partial charge is 0.206 e. The summed E-state index contributed by atoms with van der Waals surface area (Å²) in [6, 6.07) is 112. The van der Waals surface area contributed by atoms with Crippen molar-refractivity contribution in [3.8, 4) is 111 Å². The van der Waals surface area contributed by atoms with Gasteiger partial charge in [-0.25, -0.2) is 22.0 Å². The second-order valence-electron chi connectivity index (χ2n) is 40.2. The van der Waals surface area contributed by atoms with Crippen LogP contribution in [0.1, 0.15) is 258 Å². The molecule has 0 radical (unpaired) electrons. The minimum atomic E-state index is -1.35. The van der Waals surface area contributed by atoms with Crippen LogP contribution < -0.4 is 0 Å². The van der Waals surface area contributed by atoms with E-state index < -0.39 is 15.8 Å². The predicted molar refractivity (Wildman–Crippen MR) is 642 cm³/mol. The van der Waals surface area contributed by atoms with E-state index in [9.17, 15) is 13.5 Å². The van der Waals surface area contributed by atoms with Gasteiger partial charge in [0.2, 0.25) is 0 Å². The molecule has 3 nitrogen and oxygen atoms in total. The molecule has 0 saturated carbocycles. The van der Waals surface area contributed by atoms with E-state index in [0.717, 1.165) is 200 Å². The summed E-state index contributed by atoms with van der Waals surface area (Å²) in [5.41, 5.74) is 30.7. The molecule has 15 aromatic carbocycles. The molecule has 150 heavy (non-hydrogen) atoms. The third kappa shape index (κ3) is 39.6. The Labute approximate surface area is 908 Å². The van der Waals surface area contributed by atoms with Gasteiger partial charge in [-0.05, 0) is 354 Å². The van der Waals surface area contributed by atoms with Crippen LogP contribution >= 0.6 is 40.3 Å². The number of halogens is 6. The molecule has 0 fully saturated rings. The lowest BCUT2D eigenvalue weighted by Gasteiger charge is -2.09. The Hall–Kier alpha value is -11.0. The van der Waals surface area contributed by atoms with Crippen LogP contribution in [-0.4, -0.2) is 43.2 Å². The van der Waals surface area contributed by atoms with Crippen molar-refractivity contribution in [1.82, 2.24) is 0 Å². The maximum atomic E-state index is 15.3. The average Bonchev–Trinajstić information content (AvgIpc) is 0.828. The molecule has 0 aromatic heterocycles. The van der Waals surface area contributed by atoms with Gasteiger partial charge in [0.25, 0.3) is 0 Å². The number of alkyl halides is 1. The molecule has 0 spiro atoms. The SMILES string of the molecule is CCCCCc1ccc(-c2ccc(-c3ccc(CCCCBr)cc3)c(F)c2)cc1.CCCCCc1ccc(-c2ccc(-c3ccc(CCCCPCCCCc4ccc(-c5ccc(-c6ccc(CCCCC)cc6)cc5F)cc4)cc3)c(F)c2)cc1.CCCCCc1ccc(-c2ccc(-c3ccc(CCCC[P+](=O)CCCCc4ccc(-c5ccc(-c6ccc(CCCCC)cc6)cc5F)cc4)cc3)c(F)c2)cc1.CCO[P+](C)=O. The summed E-state index contributed by atoms with van der Waals surface area (Å²) in [6.07, 6.45) is 44.3. The normalized spacial score (nSPS) is 11.2. The molecule has 784 valence electrons. The zero-order chi connectivity index (χ0) is 106. The summed E-state index contributed by atoms with van der Waals surface area (Å²) in [7, 11) is -1.54. The van der Waals surface area contributed by atoms with Gasteiger partial charge in [0, 0.05) is 33.1 Å². The number of hydrogen-bond acceptors (Lipinski definition) is 3. The monoisotopic (exact) mass is 2130 g/mol. The molecule has 0 N–H and O–H groups in total. The molecule has 12 heteroatoms. The summed E-state index contributed by atoms with van der Waals surface area (Å²) in [6.45, 7) is 15.0. The van der Waals surface area contributed by atoms with Crippen molar-refractivity contribution in [2.24, 2.45) is 0 Å². The van der Waals surface area contributed by atoms with E-state index in [-0.39, 0.29) is 29.1 Å². The van der Waals surface area contributed by atoms with Gasteiger partial charge in [-0.3, -0.25) is 0 Å². The molecular formula is C138H159BrF5O3P3+2. The predicted octanol–water partition coefficient (Wildman–Crippen LogP) is 42.4. The molecule has 1 atom stereocenters. The highest BCUT2D eigenvalue weighted by Gasteiger charge is 2.19. The Morgan fingerprint density at radius 3 is 0.540 bits per heavy atom. The summed E-state index contributed by atoms with van der Waals surface area (Å²) in [5, 5.41) is 1.05. The Kier molecular flexibility index (Phi) is 51.8. The standard InChI is InChI=1S/C54H60F2OP.C54H61F2P.C27H30BrF.C3H8O2P/c1-3-5-7-13-41-17-25-45(26-18-41)49-33-35-51(53(55)39-49)47-29-21-43(22-30-47)15-9-11-37-58(57)38-12-10-16-44-23-31-48(32-24-44)52-36-34-50(40-54(52)56)46-27-19-42(20-28-46)14-8-6-4-2;1-3-5-7-13-41-17-25-45(26-18-41)49-33-35-51(53(55)39-49)47-29-21-43(22-30-47)15-9-11-37-57-38-12-10-16-44-23-31-48(32-24-44)52-36-34-50(40-54(52)56)46-27-19-42(20-28-46)14-8-6-4-2;1-2-3-4-7-21-9-13-23(14-10-21)25-17-18-26(27(29)20-25)24-15-11-22(12-16-24)8-5-6-19-28;1-3-5-6(2)4/h17-36,39-40H,3-16,37-38H2,1-2H3;17-36,39-40,57H,3-16,37-38H2,1-2H3;9-18,20H,2-8,19H2,1H3;3H2,1-2H3/q+1;;;+1. The van der Waals surface area contributed by atoms with Crippen molar-refractivity contribution in [2.45, 2.75) is 266 Å². The molecule has 15 rings (SSSR count).